The molecule has 1 amide bonds. The van der Waals surface area contributed by atoms with Crippen molar-refractivity contribution in [2.24, 2.45) is 0 Å². The fourth-order valence-electron chi connectivity index (χ4n) is 1.09. The number of amides is 1. The van der Waals surface area contributed by atoms with E-state index in [4.69, 9.17) is 11.6 Å². The van der Waals surface area contributed by atoms with Gasteiger partial charge in [-0.25, -0.2) is 4.98 Å². The topological polar surface area (TPSA) is 67.8 Å². The fraction of sp³-hybridized carbons (Fsp3) is 0.111. The molecular formula is C9H7ClN4OS. The van der Waals surface area contributed by atoms with Crippen LogP contribution >= 0.6 is 23.1 Å². The quantitative estimate of drug-likeness (QED) is 0.834. The zero-order valence-electron chi connectivity index (χ0n) is 8.27. The molecule has 0 radical (unpaired) electrons. The summed E-state index contributed by atoms with van der Waals surface area (Å²) in [6, 6.07) is 5.01. The second kappa shape index (κ2) is 4.54. The van der Waals surface area contributed by atoms with Crippen molar-refractivity contribution in [2.75, 3.05) is 5.32 Å². The van der Waals surface area contributed by atoms with Crippen molar-refractivity contribution in [1.29, 1.82) is 0 Å². The summed E-state index contributed by atoms with van der Waals surface area (Å²) in [5.41, 5.74) is 0.601. The van der Waals surface area contributed by atoms with Crippen molar-refractivity contribution in [2.45, 2.75) is 6.92 Å². The van der Waals surface area contributed by atoms with Gasteiger partial charge < -0.3 is 5.32 Å². The molecule has 1 N–H and O–H groups in total. The molecular weight excluding hydrogens is 248 g/mol. The second-order valence-corrected chi connectivity index (χ2v) is 4.13. The lowest BCUT2D eigenvalue weighted by molar-refractivity contribution is 0.102. The summed E-state index contributed by atoms with van der Waals surface area (Å²) < 4.78 is 3.69. The molecule has 2 aromatic rings. The summed E-state index contributed by atoms with van der Waals surface area (Å²) in [5.74, 6) is 0.132. The van der Waals surface area contributed by atoms with Gasteiger partial charge in [0, 0.05) is 0 Å². The van der Waals surface area contributed by atoms with Crippen molar-refractivity contribution in [3.63, 3.8) is 0 Å². The molecule has 82 valence electrons. The van der Waals surface area contributed by atoms with Gasteiger partial charge in [-0.2, -0.15) is 0 Å². The van der Waals surface area contributed by atoms with Gasteiger partial charge in [-0.1, -0.05) is 22.2 Å². The van der Waals surface area contributed by atoms with E-state index in [1.54, 1.807) is 25.1 Å². The van der Waals surface area contributed by atoms with Gasteiger partial charge in [-0.05, 0) is 30.6 Å². The van der Waals surface area contributed by atoms with E-state index in [1.807, 2.05) is 0 Å². The number of nitrogens with one attached hydrogen (secondary N) is 1. The first-order chi connectivity index (χ1) is 7.66. The number of pyridine rings is 1. The Morgan fingerprint density at radius 1 is 1.50 bits per heavy atom. The van der Waals surface area contributed by atoms with Crippen LogP contribution in [0.4, 0.5) is 5.82 Å². The van der Waals surface area contributed by atoms with E-state index in [-0.39, 0.29) is 5.91 Å². The number of carbonyl (C=O) groups excluding carboxylic acids is 1. The van der Waals surface area contributed by atoms with Crippen molar-refractivity contribution in [3.8, 4) is 0 Å². The molecule has 0 aliphatic rings. The lowest BCUT2D eigenvalue weighted by atomic mass is 10.3. The summed E-state index contributed by atoms with van der Waals surface area (Å²) in [6.07, 6.45) is 0. The van der Waals surface area contributed by atoms with Crippen molar-refractivity contribution in [1.82, 2.24) is 14.6 Å². The molecule has 2 heterocycles. The Balaban J connectivity index is 2.17. The first-order valence-corrected chi connectivity index (χ1v) is 5.55. The average Bonchev–Trinajstić information content (AvgIpc) is 2.64. The van der Waals surface area contributed by atoms with Gasteiger partial charge in [0.15, 0.2) is 0 Å². The third-order valence-corrected chi connectivity index (χ3v) is 2.85. The molecule has 0 saturated heterocycles. The van der Waals surface area contributed by atoms with Gasteiger partial charge in [-0.15, -0.1) is 5.10 Å². The lowest BCUT2D eigenvalue weighted by Gasteiger charge is -2.02. The molecule has 0 aliphatic carbocycles. The Kier molecular flexibility index (Phi) is 3.12. The molecule has 0 spiro atoms. The zero-order valence-corrected chi connectivity index (χ0v) is 9.84. The summed E-state index contributed by atoms with van der Waals surface area (Å²) in [7, 11) is 0. The van der Waals surface area contributed by atoms with Gasteiger partial charge in [-0.3, -0.25) is 4.79 Å². The standard InChI is InChI=1S/C9H7ClN4OS/c1-5-8(16-14-13-5)9(15)12-7-4-2-3-6(10)11-7/h2-4H,1H3,(H,11,12,15). The van der Waals surface area contributed by atoms with Gasteiger partial charge in [0.2, 0.25) is 0 Å². The Bertz CT molecular complexity index is 528. The number of aromatic nitrogens is 3. The summed E-state index contributed by atoms with van der Waals surface area (Å²) in [6.45, 7) is 1.73. The zero-order chi connectivity index (χ0) is 11.5. The summed E-state index contributed by atoms with van der Waals surface area (Å²) in [4.78, 5) is 16.2. The third kappa shape index (κ3) is 2.34. The highest BCUT2D eigenvalue weighted by Gasteiger charge is 2.13. The SMILES string of the molecule is Cc1nnsc1C(=O)Nc1cccc(Cl)n1. The summed E-state index contributed by atoms with van der Waals surface area (Å²) >= 11 is 6.75. The molecule has 0 aliphatic heterocycles. The number of aryl methyl sites for hydroxylation is 1. The fourth-order valence-corrected chi connectivity index (χ4v) is 1.81. The Labute approximate surface area is 101 Å². The van der Waals surface area contributed by atoms with E-state index < -0.39 is 0 Å². The second-order valence-electron chi connectivity index (χ2n) is 2.99. The van der Waals surface area contributed by atoms with Crippen LogP contribution in [-0.2, 0) is 0 Å². The molecule has 5 nitrogen and oxygen atoms in total. The number of anilines is 1. The van der Waals surface area contributed by atoms with Gasteiger partial charge in [0.1, 0.15) is 15.8 Å². The Hall–Kier alpha value is -1.53. The van der Waals surface area contributed by atoms with E-state index in [0.717, 1.165) is 11.5 Å². The van der Waals surface area contributed by atoms with Crippen LogP contribution in [0.3, 0.4) is 0 Å². The molecule has 2 aromatic heterocycles. The van der Waals surface area contributed by atoms with Crippen LogP contribution in [0.5, 0.6) is 0 Å². The van der Waals surface area contributed by atoms with Crippen LogP contribution in [-0.4, -0.2) is 20.5 Å². The van der Waals surface area contributed by atoms with Gasteiger partial charge in [0.05, 0.1) is 5.69 Å². The lowest BCUT2D eigenvalue weighted by Crippen LogP contribution is -2.12. The predicted octanol–water partition coefficient (Wildman–Crippen LogP) is 2.15. The number of rotatable bonds is 2. The first kappa shape index (κ1) is 11.0. The van der Waals surface area contributed by atoms with E-state index in [1.165, 1.54) is 0 Å². The smallest absolute Gasteiger partial charge is 0.270 e. The molecule has 0 fully saturated rings. The minimum atomic E-state index is -0.276. The number of hydrogen-bond donors (Lipinski definition) is 1. The maximum atomic E-state index is 11.7. The van der Waals surface area contributed by atoms with Crippen LogP contribution in [0.15, 0.2) is 18.2 Å². The van der Waals surface area contributed by atoms with Crippen LogP contribution in [0.25, 0.3) is 0 Å². The molecule has 16 heavy (non-hydrogen) atoms. The molecule has 0 atom stereocenters. The molecule has 7 heteroatoms. The van der Waals surface area contributed by atoms with Crippen LogP contribution in [0, 0.1) is 6.92 Å². The number of carbonyl (C=O) groups is 1. The maximum Gasteiger partial charge on any atom is 0.270 e. The van der Waals surface area contributed by atoms with Gasteiger partial charge >= 0.3 is 0 Å². The van der Waals surface area contributed by atoms with Crippen molar-refractivity contribution in [3.05, 3.63) is 33.9 Å². The summed E-state index contributed by atoms with van der Waals surface area (Å²) in [5, 5.41) is 6.71. The monoisotopic (exact) mass is 254 g/mol. The molecule has 0 saturated carbocycles. The number of nitrogens with zero attached hydrogens (tertiary/aromatic N) is 3. The van der Waals surface area contributed by atoms with Crippen LogP contribution in [0.2, 0.25) is 5.15 Å². The minimum Gasteiger partial charge on any atom is -0.306 e. The minimum absolute atomic E-state index is 0.276. The van der Waals surface area contributed by atoms with E-state index in [9.17, 15) is 4.79 Å². The first-order valence-electron chi connectivity index (χ1n) is 4.39. The number of hydrogen-bond acceptors (Lipinski definition) is 5. The van der Waals surface area contributed by atoms with Gasteiger partial charge in [0.25, 0.3) is 5.91 Å². The molecule has 2 rings (SSSR count). The largest absolute Gasteiger partial charge is 0.306 e. The van der Waals surface area contributed by atoms with Crippen molar-refractivity contribution >= 4 is 34.9 Å². The highest BCUT2D eigenvalue weighted by Crippen LogP contribution is 2.13. The third-order valence-electron chi connectivity index (χ3n) is 1.81. The van der Waals surface area contributed by atoms with Crippen LogP contribution < -0.4 is 5.32 Å². The highest BCUT2D eigenvalue weighted by molar-refractivity contribution is 7.08. The molecule has 0 unspecified atom stereocenters. The van der Waals surface area contributed by atoms with E-state index in [2.05, 4.69) is 19.9 Å². The molecule has 0 aromatic carbocycles. The normalized spacial score (nSPS) is 10.1. The van der Waals surface area contributed by atoms with Crippen molar-refractivity contribution < 1.29 is 4.79 Å². The van der Waals surface area contributed by atoms with Crippen LogP contribution in [0.1, 0.15) is 15.4 Å². The maximum absolute atomic E-state index is 11.7. The Morgan fingerprint density at radius 2 is 2.31 bits per heavy atom. The Morgan fingerprint density at radius 3 is 2.94 bits per heavy atom. The molecule has 0 bridgehead atoms. The van der Waals surface area contributed by atoms with E-state index in [0.29, 0.717) is 21.5 Å². The average molecular weight is 255 g/mol. The van der Waals surface area contributed by atoms with E-state index >= 15 is 0 Å². The predicted molar refractivity (Wildman–Crippen MR) is 61.8 cm³/mol. The number of halogens is 1. The highest BCUT2D eigenvalue weighted by atomic mass is 35.5.